The highest BCUT2D eigenvalue weighted by Gasteiger charge is 2.07. The summed E-state index contributed by atoms with van der Waals surface area (Å²) in [4.78, 5) is 0. The number of rotatable bonds is 1. The molecule has 0 aliphatic carbocycles. The molecule has 0 saturated heterocycles. The molecule has 0 nitrogen and oxygen atoms in total. The summed E-state index contributed by atoms with van der Waals surface area (Å²) >= 11 is 12.0. The van der Waals surface area contributed by atoms with Crippen LogP contribution in [0, 0.1) is 13.8 Å². The summed E-state index contributed by atoms with van der Waals surface area (Å²) in [7, 11) is -0.140. The van der Waals surface area contributed by atoms with Crippen LogP contribution in [0.5, 0.6) is 0 Å². The molecule has 0 aliphatic rings. The first-order valence-corrected chi connectivity index (χ1v) is 6.89. The van der Waals surface area contributed by atoms with Crippen molar-refractivity contribution in [2.75, 3.05) is 0 Å². The molecule has 0 aromatic heterocycles. The third kappa shape index (κ3) is 1.68. The van der Waals surface area contributed by atoms with Crippen LogP contribution in [0.15, 0.2) is 6.07 Å². The largest absolute Gasteiger partial charge is 0.0827 e. The van der Waals surface area contributed by atoms with Gasteiger partial charge in [-0.05, 0) is 31.0 Å². The fourth-order valence-corrected chi connectivity index (χ4v) is 3.08. The van der Waals surface area contributed by atoms with E-state index < -0.39 is 0 Å². The molecule has 0 unspecified atom stereocenters. The van der Waals surface area contributed by atoms with E-state index >= 15 is 0 Å². The highest BCUT2D eigenvalue weighted by atomic mass is 35.5. The van der Waals surface area contributed by atoms with Crippen molar-refractivity contribution in [1.29, 1.82) is 0 Å². The number of hydrogen-bond acceptors (Lipinski definition) is 0. The Morgan fingerprint density at radius 1 is 1.17 bits per heavy atom. The van der Waals surface area contributed by atoms with Crippen LogP contribution < -0.4 is 5.19 Å². The van der Waals surface area contributed by atoms with Gasteiger partial charge < -0.3 is 0 Å². The minimum Gasteiger partial charge on any atom is -0.0827 e. The predicted octanol–water partition coefficient (Wildman–Crippen LogP) is 2.45. The maximum absolute atomic E-state index is 6.00. The van der Waals surface area contributed by atoms with E-state index in [1.165, 1.54) is 10.8 Å². The van der Waals surface area contributed by atoms with Crippen molar-refractivity contribution in [1.82, 2.24) is 0 Å². The molecule has 0 bridgehead atoms. The summed E-state index contributed by atoms with van der Waals surface area (Å²) < 4.78 is 0. The average Bonchev–Trinajstić information content (AvgIpc) is 2.08. The van der Waals surface area contributed by atoms with Crippen LogP contribution >= 0.6 is 23.2 Å². The van der Waals surface area contributed by atoms with Crippen LogP contribution in [0.3, 0.4) is 0 Å². The van der Waals surface area contributed by atoms with E-state index in [1.54, 1.807) is 0 Å². The molecule has 0 N–H and O–H groups in total. The van der Waals surface area contributed by atoms with Gasteiger partial charge in [-0.1, -0.05) is 34.9 Å². The van der Waals surface area contributed by atoms with Gasteiger partial charge in [0.25, 0.3) is 0 Å². The topological polar surface area (TPSA) is 0 Å². The third-order valence-corrected chi connectivity index (χ3v) is 4.64. The van der Waals surface area contributed by atoms with Gasteiger partial charge in [0.2, 0.25) is 0 Å². The van der Waals surface area contributed by atoms with Gasteiger partial charge in [0.05, 0.1) is 19.6 Å². The SMILES string of the molecule is C[SiH2]c1cc(Cl)c(Cl)c(C)c1C. The molecule has 1 aromatic carbocycles. The molecule has 0 amide bonds. The smallest absolute Gasteiger partial charge is 0.0623 e. The van der Waals surface area contributed by atoms with E-state index in [-0.39, 0.29) is 9.52 Å². The third-order valence-electron chi connectivity index (χ3n) is 2.26. The minimum atomic E-state index is -0.140. The Kier molecular flexibility index (Phi) is 3.21. The molecule has 0 radical (unpaired) electrons. The number of benzene rings is 1. The van der Waals surface area contributed by atoms with Gasteiger partial charge in [0.15, 0.2) is 0 Å². The first-order chi connectivity index (χ1) is 5.57. The second kappa shape index (κ2) is 3.82. The highest BCUT2D eigenvalue weighted by molar-refractivity contribution is 6.54. The molecule has 0 spiro atoms. The van der Waals surface area contributed by atoms with Crippen molar-refractivity contribution >= 4 is 37.9 Å². The first kappa shape index (κ1) is 10.1. The van der Waals surface area contributed by atoms with Crippen molar-refractivity contribution in [2.24, 2.45) is 0 Å². The Balaban J connectivity index is 3.39. The van der Waals surface area contributed by atoms with Gasteiger partial charge in [-0.15, -0.1) is 0 Å². The lowest BCUT2D eigenvalue weighted by Crippen LogP contribution is -2.16. The highest BCUT2D eigenvalue weighted by Crippen LogP contribution is 2.26. The van der Waals surface area contributed by atoms with E-state index in [2.05, 4.69) is 13.5 Å². The first-order valence-electron chi connectivity index (χ1n) is 4.02. The lowest BCUT2D eigenvalue weighted by molar-refractivity contribution is 1.37. The maximum atomic E-state index is 6.00. The molecule has 0 fully saturated rings. The van der Waals surface area contributed by atoms with E-state index in [4.69, 9.17) is 23.2 Å². The van der Waals surface area contributed by atoms with Gasteiger partial charge >= 0.3 is 0 Å². The van der Waals surface area contributed by atoms with Crippen molar-refractivity contribution in [3.63, 3.8) is 0 Å². The Labute approximate surface area is 85.7 Å². The molecule has 1 rings (SSSR count). The Hall–Kier alpha value is 0.0169. The zero-order chi connectivity index (χ0) is 9.30. The average molecular weight is 219 g/mol. The van der Waals surface area contributed by atoms with Crippen LogP contribution in [-0.2, 0) is 0 Å². The van der Waals surface area contributed by atoms with Crippen molar-refractivity contribution in [3.05, 3.63) is 27.2 Å². The molecular weight excluding hydrogens is 207 g/mol. The summed E-state index contributed by atoms with van der Waals surface area (Å²) in [6, 6.07) is 2.01. The maximum Gasteiger partial charge on any atom is 0.0623 e. The molecule has 0 heterocycles. The van der Waals surface area contributed by atoms with E-state index in [0.29, 0.717) is 10.0 Å². The summed E-state index contributed by atoms with van der Waals surface area (Å²) in [6.07, 6.45) is 0. The second-order valence-corrected chi connectivity index (χ2v) is 5.19. The van der Waals surface area contributed by atoms with Crippen LogP contribution in [-0.4, -0.2) is 9.52 Å². The Morgan fingerprint density at radius 3 is 2.25 bits per heavy atom. The van der Waals surface area contributed by atoms with Gasteiger partial charge in [-0.25, -0.2) is 0 Å². The number of hydrogen-bond donors (Lipinski definition) is 0. The van der Waals surface area contributed by atoms with Crippen molar-refractivity contribution in [2.45, 2.75) is 20.4 Å². The van der Waals surface area contributed by atoms with Gasteiger partial charge in [0, 0.05) is 0 Å². The molecule has 1 aromatic rings. The number of halogens is 2. The Bertz CT molecular complexity index is 308. The summed E-state index contributed by atoms with van der Waals surface area (Å²) in [5.41, 5.74) is 2.45. The summed E-state index contributed by atoms with van der Waals surface area (Å²) in [6.45, 7) is 6.40. The standard InChI is InChI=1S/C9H12Cl2Si/c1-5-6(2)9(11)7(10)4-8(5)12-3/h4H,12H2,1-3H3. The molecule has 66 valence electrons. The Morgan fingerprint density at radius 2 is 1.75 bits per heavy atom. The van der Waals surface area contributed by atoms with Crippen LogP contribution in [0.2, 0.25) is 16.6 Å². The molecule has 0 aliphatic heterocycles. The van der Waals surface area contributed by atoms with Crippen molar-refractivity contribution < 1.29 is 0 Å². The van der Waals surface area contributed by atoms with E-state index in [0.717, 1.165) is 5.56 Å². The lowest BCUT2D eigenvalue weighted by atomic mass is 10.1. The van der Waals surface area contributed by atoms with Crippen LogP contribution in [0.4, 0.5) is 0 Å². The normalized spacial score (nSPS) is 11.4. The zero-order valence-electron chi connectivity index (χ0n) is 7.54. The molecule has 12 heavy (non-hydrogen) atoms. The molecule has 3 heteroatoms. The predicted molar refractivity (Wildman–Crippen MR) is 60.0 cm³/mol. The molecule has 0 atom stereocenters. The zero-order valence-corrected chi connectivity index (χ0v) is 10.5. The molecular formula is C9H12Cl2Si. The summed E-state index contributed by atoms with van der Waals surface area (Å²) in [5, 5.41) is 2.83. The van der Waals surface area contributed by atoms with Crippen molar-refractivity contribution in [3.8, 4) is 0 Å². The second-order valence-electron chi connectivity index (χ2n) is 2.94. The fraction of sp³-hybridized carbons (Fsp3) is 0.333. The lowest BCUT2D eigenvalue weighted by Gasteiger charge is -2.09. The van der Waals surface area contributed by atoms with Gasteiger partial charge in [-0.3, -0.25) is 0 Å². The summed E-state index contributed by atoms with van der Waals surface area (Å²) in [5.74, 6) is 0. The van der Waals surface area contributed by atoms with E-state index in [9.17, 15) is 0 Å². The van der Waals surface area contributed by atoms with Gasteiger partial charge in [-0.2, -0.15) is 0 Å². The van der Waals surface area contributed by atoms with Gasteiger partial charge in [0.1, 0.15) is 0 Å². The minimum absolute atomic E-state index is 0.140. The van der Waals surface area contributed by atoms with Crippen LogP contribution in [0.1, 0.15) is 11.1 Å². The fourth-order valence-electron chi connectivity index (χ4n) is 1.28. The monoisotopic (exact) mass is 218 g/mol. The van der Waals surface area contributed by atoms with E-state index in [1.807, 2.05) is 13.0 Å². The quantitative estimate of drug-likeness (QED) is 0.636. The van der Waals surface area contributed by atoms with Crippen LogP contribution in [0.25, 0.3) is 0 Å². The molecule has 0 saturated carbocycles.